The lowest BCUT2D eigenvalue weighted by atomic mass is 10.1. The second-order valence-corrected chi connectivity index (χ2v) is 5.60. The molecule has 1 heterocycles. The molecular weight excluding hydrogens is 309 g/mol. The van der Waals surface area contributed by atoms with Gasteiger partial charge in [0.2, 0.25) is 5.91 Å². The molecule has 24 heavy (non-hydrogen) atoms. The Morgan fingerprint density at radius 1 is 1.21 bits per heavy atom. The van der Waals surface area contributed by atoms with Crippen LogP contribution in [0.25, 0.3) is 0 Å². The highest BCUT2D eigenvalue weighted by Gasteiger charge is 2.07. The van der Waals surface area contributed by atoms with Crippen LogP contribution in [0.15, 0.2) is 30.3 Å². The number of benzene rings is 1. The van der Waals surface area contributed by atoms with Crippen molar-refractivity contribution in [2.45, 2.75) is 13.3 Å². The molecule has 7 heteroatoms. The summed E-state index contributed by atoms with van der Waals surface area (Å²) in [4.78, 5) is 22.4. The highest BCUT2D eigenvalue weighted by atomic mass is 19.1. The Kier molecular flexibility index (Phi) is 6.06. The fourth-order valence-electron chi connectivity index (χ4n) is 2.14. The number of rotatable bonds is 7. The molecule has 0 spiro atoms. The van der Waals surface area contributed by atoms with Crippen LogP contribution in [0.5, 0.6) is 0 Å². The molecule has 0 radical (unpaired) electrons. The monoisotopic (exact) mass is 331 g/mol. The summed E-state index contributed by atoms with van der Waals surface area (Å²) in [5.41, 5.74) is 0.394. The second kappa shape index (κ2) is 8.24. The summed E-state index contributed by atoms with van der Waals surface area (Å²) in [6.07, 6.45) is 0.0318. The molecule has 0 aliphatic heterocycles. The van der Waals surface area contributed by atoms with Crippen molar-refractivity contribution in [2.75, 3.05) is 37.4 Å². The number of nitrogens with zero attached hydrogens (tertiary/aromatic N) is 3. The molecule has 0 unspecified atom stereocenters. The first-order valence-electron chi connectivity index (χ1n) is 7.72. The first-order valence-corrected chi connectivity index (χ1v) is 7.72. The van der Waals surface area contributed by atoms with Crippen molar-refractivity contribution in [2.24, 2.45) is 0 Å². The molecule has 0 aliphatic rings. The number of hydrogen-bond donors (Lipinski definition) is 2. The zero-order valence-electron chi connectivity index (χ0n) is 14.1. The zero-order chi connectivity index (χ0) is 17.5. The molecule has 0 saturated heterocycles. The summed E-state index contributed by atoms with van der Waals surface area (Å²) in [7, 11) is 3.82. The van der Waals surface area contributed by atoms with Gasteiger partial charge < -0.3 is 15.5 Å². The molecule has 0 fully saturated rings. The van der Waals surface area contributed by atoms with Crippen molar-refractivity contribution < 1.29 is 9.18 Å². The van der Waals surface area contributed by atoms with Crippen LogP contribution in [-0.2, 0) is 11.2 Å². The summed E-state index contributed by atoms with van der Waals surface area (Å²) in [5.74, 6) is 1.61. The van der Waals surface area contributed by atoms with Crippen molar-refractivity contribution >= 4 is 17.5 Å². The maximum atomic E-state index is 13.5. The number of nitrogens with one attached hydrogen (secondary N) is 2. The maximum Gasteiger partial charge on any atom is 0.224 e. The van der Waals surface area contributed by atoms with Crippen molar-refractivity contribution in [1.29, 1.82) is 0 Å². The SMILES string of the molecule is Cc1nc(NCCNC(=O)Cc2ccccc2F)cc(N(C)C)n1. The van der Waals surface area contributed by atoms with Gasteiger partial charge in [0.15, 0.2) is 0 Å². The third-order valence-electron chi connectivity index (χ3n) is 3.34. The van der Waals surface area contributed by atoms with Crippen LogP contribution in [0.1, 0.15) is 11.4 Å². The Bertz CT molecular complexity index is 705. The van der Waals surface area contributed by atoms with Crippen LogP contribution in [0.3, 0.4) is 0 Å². The molecule has 2 rings (SSSR count). The summed E-state index contributed by atoms with van der Waals surface area (Å²) < 4.78 is 13.5. The number of anilines is 2. The minimum Gasteiger partial charge on any atom is -0.368 e. The van der Waals surface area contributed by atoms with Gasteiger partial charge in [-0.25, -0.2) is 14.4 Å². The van der Waals surface area contributed by atoms with Crippen LogP contribution >= 0.6 is 0 Å². The van der Waals surface area contributed by atoms with Gasteiger partial charge in [0, 0.05) is 33.3 Å². The summed E-state index contributed by atoms with van der Waals surface area (Å²) in [6.45, 7) is 2.77. The molecule has 128 valence electrons. The van der Waals surface area contributed by atoms with Crippen molar-refractivity contribution in [1.82, 2.24) is 15.3 Å². The minimum absolute atomic E-state index is 0.0318. The van der Waals surface area contributed by atoms with Crippen molar-refractivity contribution in [3.8, 4) is 0 Å². The number of carbonyl (C=O) groups excluding carboxylic acids is 1. The van der Waals surface area contributed by atoms with Crippen LogP contribution in [0.4, 0.5) is 16.0 Å². The van der Waals surface area contributed by atoms with E-state index in [-0.39, 0.29) is 18.1 Å². The van der Waals surface area contributed by atoms with E-state index in [0.717, 1.165) is 5.82 Å². The van der Waals surface area contributed by atoms with E-state index in [2.05, 4.69) is 20.6 Å². The van der Waals surface area contributed by atoms with E-state index in [4.69, 9.17) is 0 Å². The minimum atomic E-state index is -0.363. The smallest absolute Gasteiger partial charge is 0.224 e. The Hall–Kier alpha value is -2.70. The first-order chi connectivity index (χ1) is 11.5. The number of aromatic nitrogens is 2. The van der Waals surface area contributed by atoms with Crippen LogP contribution in [0, 0.1) is 12.7 Å². The molecule has 0 saturated carbocycles. The molecule has 0 bridgehead atoms. The lowest BCUT2D eigenvalue weighted by molar-refractivity contribution is -0.120. The van der Waals surface area contributed by atoms with Gasteiger partial charge in [-0.15, -0.1) is 0 Å². The van der Waals surface area contributed by atoms with Gasteiger partial charge in [-0.2, -0.15) is 0 Å². The van der Waals surface area contributed by atoms with Gasteiger partial charge in [-0.05, 0) is 18.6 Å². The molecule has 0 aliphatic carbocycles. The highest BCUT2D eigenvalue weighted by Crippen LogP contribution is 2.12. The number of amides is 1. The number of hydrogen-bond acceptors (Lipinski definition) is 5. The molecule has 2 aromatic rings. The molecule has 0 atom stereocenters. The topological polar surface area (TPSA) is 70.2 Å². The molecule has 6 nitrogen and oxygen atoms in total. The molecule has 2 N–H and O–H groups in total. The fraction of sp³-hybridized carbons (Fsp3) is 0.353. The maximum absolute atomic E-state index is 13.5. The third kappa shape index (κ3) is 5.19. The third-order valence-corrected chi connectivity index (χ3v) is 3.34. The van der Waals surface area contributed by atoms with Crippen LogP contribution in [-0.4, -0.2) is 43.1 Å². The van der Waals surface area contributed by atoms with Gasteiger partial charge in [0.05, 0.1) is 6.42 Å². The second-order valence-electron chi connectivity index (χ2n) is 5.60. The number of carbonyl (C=O) groups is 1. The van der Waals surface area contributed by atoms with E-state index in [1.54, 1.807) is 18.2 Å². The normalized spacial score (nSPS) is 10.3. The Balaban J connectivity index is 1.79. The van der Waals surface area contributed by atoms with E-state index < -0.39 is 0 Å². The number of halogens is 1. The van der Waals surface area contributed by atoms with E-state index in [1.807, 2.05) is 32.0 Å². The Morgan fingerprint density at radius 3 is 2.67 bits per heavy atom. The molecule has 1 aromatic carbocycles. The quantitative estimate of drug-likeness (QED) is 0.757. The lowest BCUT2D eigenvalue weighted by Gasteiger charge is -2.14. The van der Waals surface area contributed by atoms with Gasteiger partial charge in [-0.3, -0.25) is 4.79 Å². The van der Waals surface area contributed by atoms with Gasteiger partial charge >= 0.3 is 0 Å². The molecule has 1 amide bonds. The average Bonchev–Trinajstić information content (AvgIpc) is 2.53. The highest BCUT2D eigenvalue weighted by molar-refractivity contribution is 5.78. The fourth-order valence-corrected chi connectivity index (χ4v) is 2.14. The van der Waals surface area contributed by atoms with E-state index in [1.165, 1.54) is 6.07 Å². The van der Waals surface area contributed by atoms with Crippen LogP contribution in [0.2, 0.25) is 0 Å². The predicted molar refractivity (Wildman–Crippen MR) is 92.7 cm³/mol. The van der Waals surface area contributed by atoms with E-state index in [0.29, 0.717) is 30.3 Å². The summed E-state index contributed by atoms with van der Waals surface area (Å²) >= 11 is 0. The number of aryl methyl sites for hydroxylation is 1. The van der Waals surface area contributed by atoms with E-state index in [9.17, 15) is 9.18 Å². The summed E-state index contributed by atoms with van der Waals surface area (Å²) in [5, 5.41) is 5.90. The molecule has 1 aromatic heterocycles. The predicted octanol–water partition coefficient (Wildman–Crippen LogP) is 1.76. The largest absolute Gasteiger partial charge is 0.368 e. The first kappa shape index (κ1) is 17.7. The summed E-state index contributed by atoms with van der Waals surface area (Å²) in [6, 6.07) is 8.12. The Labute approximate surface area is 141 Å². The van der Waals surface area contributed by atoms with Gasteiger partial charge in [0.25, 0.3) is 0 Å². The molecular formula is C17H22FN5O. The Morgan fingerprint density at radius 2 is 1.96 bits per heavy atom. The van der Waals surface area contributed by atoms with E-state index >= 15 is 0 Å². The van der Waals surface area contributed by atoms with Crippen molar-refractivity contribution in [3.63, 3.8) is 0 Å². The zero-order valence-corrected chi connectivity index (χ0v) is 14.1. The van der Waals surface area contributed by atoms with Gasteiger partial charge in [-0.1, -0.05) is 18.2 Å². The standard InChI is InChI=1S/C17H22FN5O/c1-12-21-15(11-16(22-12)23(2)3)19-8-9-20-17(24)10-13-6-4-5-7-14(13)18/h4-7,11H,8-10H2,1-3H3,(H,20,24)(H,19,21,22). The average molecular weight is 331 g/mol. The van der Waals surface area contributed by atoms with Crippen LogP contribution < -0.4 is 15.5 Å². The van der Waals surface area contributed by atoms with Crippen molar-refractivity contribution in [3.05, 3.63) is 47.5 Å². The lowest BCUT2D eigenvalue weighted by Crippen LogP contribution is -2.30. The van der Waals surface area contributed by atoms with Gasteiger partial charge in [0.1, 0.15) is 23.3 Å².